The summed E-state index contributed by atoms with van der Waals surface area (Å²) in [6.07, 6.45) is 4.11. The first kappa shape index (κ1) is 17.4. The van der Waals surface area contributed by atoms with Crippen molar-refractivity contribution in [1.29, 1.82) is 0 Å². The number of hydrogen-bond donors (Lipinski definition) is 0. The van der Waals surface area contributed by atoms with E-state index >= 15 is 0 Å². The van der Waals surface area contributed by atoms with Gasteiger partial charge < -0.3 is 0 Å². The Bertz CT molecular complexity index is 1020. The Morgan fingerprint density at radius 1 is 0.846 bits per heavy atom. The number of rotatable bonds is 1. The fourth-order valence-corrected chi connectivity index (χ4v) is 13.7. The van der Waals surface area contributed by atoms with E-state index < -0.39 is 16.1 Å². The zero-order valence-electron chi connectivity index (χ0n) is 16.6. The van der Waals surface area contributed by atoms with Gasteiger partial charge in [-0.2, -0.15) is 0 Å². The molecule has 3 heterocycles. The molecule has 0 radical (unpaired) electrons. The summed E-state index contributed by atoms with van der Waals surface area (Å²) < 4.78 is 2.22. The Kier molecular flexibility index (Phi) is 3.83. The standard InChI is InChI=1S/C22H27N2Si2/c1-16-14-20-21(15-17(16)18-10-7-8-13-24(18)2)26(5,6)22-19(25(20,3)4)11-9-12-23-22/h7-15H,1-6H3/q+1. The fraction of sp³-hybridized carbons (Fsp3) is 0.273. The lowest BCUT2D eigenvalue weighted by Gasteiger charge is -2.41. The molecule has 0 unspecified atom stereocenters. The van der Waals surface area contributed by atoms with Crippen LogP contribution in [-0.2, 0) is 7.05 Å². The van der Waals surface area contributed by atoms with Crippen LogP contribution >= 0.6 is 0 Å². The Hall–Kier alpha value is -2.05. The van der Waals surface area contributed by atoms with Crippen LogP contribution in [0.15, 0.2) is 54.9 Å². The van der Waals surface area contributed by atoms with Crippen LogP contribution in [0, 0.1) is 6.92 Å². The van der Waals surface area contributed by atoms with Crippen molar-refractivity contribution in [2.75, 3.05) is 0 Å². The molecule has 0 saturated heterocycles. The minimum Gasteiger partial charge on any atom is -0.266 e. The lowest BCUT2D eigenvalue weighted by Crippen LogP contribution is -2.78. The third-order valence-corrected chi connectivity index (χ3v) is 13.5. The van der Waals surface area contributed by atoms with E-state index in [2.05, 4.69) is 93.4 Å². The van der Waals surface area contributed by atoms with E-state index in [0.29, 0.717) is 0 Å². The minimum absolute atomic E-state index is 1.28. The highest BCUT2D eigenvalue weighted by molar-refractivity contribution is 7.15. The zero-order valence-corrected chi connectivity index (χ0v) is 18.6. The van der Waals surface area contributed by atoms with Crippen LogP contribution in [0.3, 0.4) is 0 Å². The summed E-state index contributed by atoms with van der Waals surface area (Å²) in [5, 5.41) is 6.15. The molecule has 0 N–H and O–H groups in total. The number of pyridine rings is 2. The monoisotopic (exact) mass is 375 g/mol. The van der Waals surface area contributed by atoms with Gasteiger partial charge in [-0.25, -0.2) is 4.57 Å². The molecule has 0 aliphatic carbocycles. The highest BCUT2D eigenvalue weighted by Gasteiger charge is 2.45. The normalized spacial score (nSPS) is 16.7. The van der Waals surface area contributed by atoms with Gasteiger partial charge in [0.05, 0.1) is 0 Å². The van der Waals surface area contributed by atoms with E-state index in [1.807, 2.05) is 6.20 Å². The predicted octanol–water partition coefficient (Wildman–Crippen LogP) is 1.84. The van der Waals surface area contributed by atoms with Crippen molar-refractivity contribution in [3.8, 4) is 11.3 Å². The second-order valence-corrected chi connectivity index (χ2v) is 17.1. The van der Waals surface area contributed by atoms with Gasteiger partial charge in [0.2, 0.25) is 5.69 Å². The average molecular weight is 376 g/mol. The highest BCUT2D eigenvalue weighted by atomic mass is 28.3. The number of aryl methyl sites for hydroxylation is 2. The molecule has 1 aliphatic heterocycles. The van der Waals surface area contributed by atoms with Crippen molar-refractivity contribution in [1.82, 2.24) is 4.98 Å². The summed E-state index contributed by atoms with van der Waals surface area (Å²) >= 11 is 0. The van der Waals surface area contributed by atoms with Crippen molar-refractivity contribution < 1.29 is 4.57 Å². The second-order valence-electron chi connectivity index (χ2n) is 8.56. The predicted molar refractivity (Wildman–Crippen MR) is 116 cm³/mol. The summed E-state index contributed by atoms with van der Waals surface area (Å²) in [7, 11) is -1.40. The van der Waals surface area contributed by atoms with Crippen molar-refractivity contribution in [2.45, 2.75) is 33.1 Å². The lowest BCUT2D eigenvalue weighted by atomic mass is 10.0. The maximum absolute atomic E-state index is 4.90. The number of fused-ring (bicyclic) bond motifs is 2. The third kappa shape index (κ3) is 2.36. The Labute approximate surface area is 158 Å². The third-order valence-electron chi connectivity index (χ3n) is 6.12. The van der Waals surface area contributed by atoms with Gasteiger partial charge in [-0.05, 0) is 35.9 Å². The molecule has 4 rings (SSSR count). The number of benzene rings is 1. The largest absolute Gasteiger partial charge is 0.266 e. The van der Waals surface area contributed by atoms with Crippen LogP contribution in [0.4, 0.5) is 0 Å². The van der Waals surface area contributed by atoms with Crippen LogP contribution in [0.5, 0.6) is 0 Å². The van der Waals surface area contributed by atoms with E-state index in [9.17, 15) is 0 Å². The van der Waals surface area contributed by atoms with Crippen molar-refractivity contribution in [3.05, 3.63) is 60.4 Å². The number of nitrogens with zero attached hydrogens (tertiary/aromatic N) is 2. The Morgan fingerprint density at radius 2 is 1.58 bits per heavy atom. The van der Waals surface area contributed by atoms with E-state index in [-0.39, 0.29) is 0 Å². The van der Waals surface area contributed by atoms with Crippen molar-refractivity contribution in [2.24, 2.45) is 7.05 Å². The molecule has 0 bridgehead atoms. The molecule has 2 nitrogen and oxygen atoms in total. The molecule has 0 spiro atoms. The molecule has 0 atom stereocenters. The molecule has 0 fully saturated rings. The molecular formula is C22H27N2Si2+. The van der Waals surface area contributed by atoms with Crippen LogP contribution in [-0.4, -0.2) is 21.1 Å². The summed E-state index contributed by atoms with van der Waals surface area (Å²) in [5.74, 6) is 0. The smallest absolute Gasteiger partial charge is 0.212 e. The van der Waals surface area contributed by atoms with E-state index in [1.165, 1.54) is 22.1 Å². The van der Waals surface area contributed by atoms with Gasteiger partial charge in [-0.15, -0.1) is 0 Å². The summed E-state index contributed by atoms with van der Waals surface area (Å²) in [5.41, 5.74) is 4.02. The van der Waals surface area contributed by atoms with Crippen LogP contribution in [0.2, 0.25) is 26.2 Å². The van der Waals surface area contributed by atoms with Gasteiger partial charge in [-0.1, -0.05) is 48.7 Å². The molecule has 0 amide bonds. The fourth-order valence-electron chi connectivity index (χ4n) is 4.50. The van der Waals surface area contributed by atoms with Gasteiger partial charge in [0.25, 0.3) is 0 Å². The Balaban J connectivity index is 2.04. The molecule has 1 aliphatic rings. The van der Waals surface area contributed by atoms with Gasteiger partial charge in [-0.3, -0.25) is 4.98 Å². The summed E-state index contributed by atoms with van der Waals surface area (Å²) in [4.78, 5) is 4.90. The maximum atomic E-state index is 4.90. The average Bonchev–Trinajstić information content (AvgIpc) is 2.61. The quantitative estimate of drug-likeness (QED) is 0.468. The number of hydrogen-bond acceptors (Lipinski definition) is 1. The molecular weight excluding hydrogens is 348 g/mol. The first-order chi connectivity index (χ1) is 12.2. The molecule has 26 heavy (non-hydrogen) atoms. The second kappa shape index (κ2) is 5.73. The maximum Gasteiger partial charge on any atom is 0.212 e. The molecule has 3 aromatic rings. The topological polar surface area (TPSA) is 16.8 Å². The molecule has 4 heteroatoms. The number of aromatic nitrogens is 2. The van der Waals surface area contributed by atoms with Gasteiger partial charge in [0.15, 0.2) is 6.20 Å². The van der Waals surface area contributed by atoms with E-state index in [1.54, 1.807) is 15.6 Å². The van der Waals surface area contributed by atoms with E-state index in [4.69, 9.17) is 4.98 Å². The molecule has 2 aromatic heterocycles. The first-order valence-electron chi connectivity index (χ1n) is 9.31. The van der Waals surface area contributed by atoms with E-state index in [0.717, 1.165) is 0 Å². The van der Waals surface area contributed by atoms with Gasteiger partial charge in [0, 0.05) is 29.2 Å². The highest BCUT2D eigenvalue weighted by Crippen LogP contribution is 2.22. The van der Waals surface area contributed by atoms with Gasteiger partial charge in [0.1, 0.15) is 23.2 Å². The first-order valence-corrected chi connectivity index (χ1v) is 15.3. The van der Waals surface area contributed by atoms with Crippen LogP contribution in [0.1, 0.15) is 5.56 Å². The van der Waals surface area contributed by atoms with Crippen LogP contribution < -0.4 is 25.4 Å². The summed E-state index contributed by atoms with van der Waals surface area (Å²) in [6.45, 7) is 12.2. The summed E-state index contributed by atoms with van der Waals surface area (Å²) in [6, 6.07) is 15.9. The molecule has 1 aromatic carbocycles. The van der Waals surface area contributed by atoms with Crippen molar-refractivity contribution >= 4 is 37.0 Å². The Morgan fingerprint density at radius 3 is 2.31 bits per heavy atom. The lowest BCUT2D eigenvalue weighted by molar-refractivity contribution is -0.660. The van der Waals surface area contributed by atoms with Gasteiger partial charge >= 0.3 is 0 Å². The molecule has 132 valence electrons. The van der Waals surface area contributed by atoms with Crippen molar-refractivity contribution in [3.63, 3.8) is 0 Å². The molecule has 0 saturated carbocycles. The SMILES string of the molecule is Cc1cc2c(cc1-c1cccc[n+]1C)[Si](C)(C)c1ncccc1[Si]2(C)C. The zero-order chi connectivity index (χ0) is 18.7. The minimum atomic E-state index is -1.81. The van der Waals surface area contributed by atoms with Crippen LogP contribution in [0.25, 0.3) is 11.3 Å².